The van der Waals surface area contributed by atoms with E-state index >= 15 is 0 Å². The minimum absolute atomic E-state index is 0.0816. The van der Waals surface area contributed by atoms with Crippen LogP contribution >= 0.6 is 0 Å². The molecule has 1 amide bonds. The van der Waals surface area contributed by atoms with Crippen LogP contribution < -0.4 is 10.6 Å². The fourth-order valence-electron chi connectivity index (χ4n) is 3.09. The van der Waals surface area contributed by atoms with Gasteiger partial charge in [0.2, 0.25) is 5.91 Å². The van der Waals surface area contributed by atoms with E-state index in [-0.39, 0.29) is 5.91 Å². The molecule has 2 rings (SSSR count). The highest BCUT2D eigenvalue weighted by Gasteiger charge is 2.22. The third-order valence-electron chi connectivity index (χ3n) is 4.56. The van der Waals surface area contributed by atoms with Gasteiger partial charge in [-0.05, 0) is 48.9 Å². The number of amides is 1. The van der Waals surface area contributed by atoms with Crippen molar-refractivity contribution >= 4 is 11.9 Å². The van der Waals surface area contributed by atoms with E-state index < -0.39 is 11.6 Å². The number of hydrogen-bond acceptors (Lipinski definition) is 2. The Morgan fingerprint density at radius 2 is 2.04 bits per heavy atom. The Bertz CT molecular complexity index is 613. The van der Waals surface area contributed by atoms with Crippen LogP contribution in [0, 0.1) is 17.6 Å². The number of piperidine rings is 1. The van der Waals surface area contributed by atoms with Gasteiger partial charge in [-0.15, -0.1) is 0 Å². The average Bonchev–Trinajstić information content (AvgIpc) is 2.62. The summed E-state index contributed by atoms with van der Waals surface area (Å²) in [6.07, 6.45) is 2.82. The zero-order chi connectivity index (χ0) is 18.2. The summed E-state index contributed by atoms with van der Waals surface area (Å²) in [5.74, 6) is 0.413. The number of carbonyl (C=O) groups is 1. The molecule has 0 saturated carbocycles. The molecule has 1 fully saturated rings. The van der Waals surface area contributed by atoms with Crippen LogP contribution in [0.4, 0.5) is 8.78 Å². The molecule has 0 unspecified atom stereocenters. The number of nitrogens with one attached hydrogen (secondary N) is 2. The predicted molar refractivity (Wildman–Crippen MR) is 94.4 cm³/mol. The van der Waals surface area contributed by atoms with E-state index in [2.05, 4.69) is 20.5 Å². The van der Waals surface area contributed by atoms with Crippen molar-refractivity contribution in [2.75, 3.05) is 33.7 Å². The van der Waals surface area contributed by atoms with Gasteiger partial charge < -0.3 is 15.5 Å². The molecule has 1 heterocycles. The van der Waals surface area contributed by atoms with Crippen molar-refractivity contribution in [3.05, 3.63) is 35.4 Å². The van der Waals surface area contributed by atoms with Gasteiger partial charge in [0.05, 0.1) is 0 Å². The van der Waals surface area contributed by atoms with E-state index in [1.165, 1.54) is 6.07 Å². The van der Waals surface area contributed by atoms with Crippen molar-refractivity contribution in [1.82, 2.24) is 15.5 Å². The van der Waals surface area contributed by atoms with Crippen LogP contribution in [-0.4, -0.2) is 50.5 Å². The van der Waals surface area contributed by atoms with Crippen LogP contribution in [0.5, 0.6) is 0 Å². The minimum Gasteiger partial charge on any atom is -0.359 e. The lowest BCUT2D eigenvalue weighted by Gasteiger charge is -2.34. The molecule has 1 aliphatic heterocycles. The Labute approximate surface area is 147 Å². The molecule has 0 aromatic heterocycles. The van der Waals surface area contributed by atoms with Crippen molar-refractivity contribution in [2.24, 2.45) is 10.9 Å². The lowest BCUT2D eigenvalue weighted by Crippen LogP contribution is -2.46. The smallest absolute Gasteiger partial charge is 0.220 e. The normalized spacial score (nSPS) is 16.0. The van der Waals surface area contributed by atoms with Crippen molar-refractivity contribution in [2.45, 2.75) is 25.7 Å². The first kappa shape index (κ1) is 19.1. The monoisotopic (exact) mass is 352 g/mol. The van der Waals surface area contributed by atoms with E-state index in [0.29, 0.717) is 30.9 Å². The SMILES string of the molecule is CN=C(NCCc1cc(F)ccc1F)N1CCC(CC(=O)NC)CC1. The lowest BCUT2D eigenvalue weighted by atomic mass is 9.93. The Kier molecular flexibility index (Phi) is 7.16. The summed E-state index contributed by atoms with van der Waals surface area (Å²) in [6.45, 7) is 2.14. The Balaban J connectivity index is 1.79. The maximum Gasteiger partial charge on any atom is 0.220 e. The molecule has 1 aliphatic rings. The van der Waals surface area contributed by atoms with E-state index in [4.69, 9.17) is 0 Å². The second kappa shape index (κ2) is 9.34. The molecule has 25 heavy (non-hydrogen) atoms. The highest BCUT2D eigenvalue weighted by molar-refractivity contribution is 5.80. The van der Waals surface area contributed by atoms with Gasteiger partial charge in [0.25, 0.3) is 0 Å². The van der Waals surface area contributed by atoms with Gasteiger partial charge in [-0.25, -0.2) is 8.78 Å². The fraction of sp³-hybridized carbons (Fsp3) is 0.556. The summed E-state index contributed by atoms with van der Waals surface area (Å²) in [5.41, 5.74) is 0.354. The second-order valence-corrected chi connectivity index (χ2v) is 6.27. The third kappa shape index (κ3) is 5.69. The number of benzene rings is 1. The van der Waals surface area contributed by atoms with Crippen molar-refractivity contribution in [1.29, 1.82) is 0 Å². The molecule has 5 nitrogen and oxygen atoms in total. The van der Waals surface area contributed by atoms with Gasteiger partial charge in [-0.3, -0.25) is 9.79 Å². The molecule has 138 valence electrons. The van der Waals surface area contributed by atoms with E-state index in [0.717, 1.165) is 44.0 Å². The molecule has 1 aromatic rings. The maximum absolute atomic E-state index is 13.6. The predicted octanol–water partition coefficient (Wildman–Crippen LogP) is 1.93. The number of likely N-dealkylation sites (tertiary alicyclic amines) is 1. The number of rotatable bonds is 5. The third-order valence-corrected chi connectivity index (χ3v) is 4.56. The van der Waals surface area contributed by atoms with E-state index in [9.17, 15) is 13.6 Å². The zero-order valence-electron chi connectivity index (χ0n) is 14.8. The van der Waals surface area contributed by atoms with Crippen LogP contribution in [-0.2, 0) is 11.2 Å². The first-order valence-corrected chi connectivity index (χ1v) is 8.63. The van der Waals surface area contributed by atoms with Crippen LogP contribution in [0.25, 0.3) is 0 Å². The summed E-state index contributed by atoms with van der Waals surface area (Å²) in [7, 11) is 3.37. The molecule has 0 bridgehead atoms. The molecular weight excluding hydrogens is 326 g/mol. The molecule has 1 aromatic carbocycles. The standard InChI is InChI=1S/C18H26F2N4O/c1-21-17(25)11-13-6-9-24(10-7-13)18(22-2)23-8-5-14-12-15(19)3-4-16(14)20/h3-4,12-13H,5-11H2,1-2H3,(H,21,25)(H,22,23). The number of carbonyl (C=O) groups excluding carboxylic acids is 1. The fourth-order valence-corrected chi connectivity index (χ4v) is 3.09. The molecule has 0 atom stereocenters. The molecule has 7 heteroatoms. The van der Waals surface area contributed by atoms with Crippen molar-refractivity contribution < 1.29 is 13.6 Å². The van der Waals surface area contributed by atoms with Gasteiger partial charge in [0.1, 0.15) is 11.6 Å². The van der Waals surface area contributed by atoms with Crippen LogP contribution in [0.2, 0.25) is 0 Å². The van der Waals surface area contributed by atoms with Gasteiger partial charge in [-0.1, -0.05) is 0 Å². The first-order valence-electron chi connectivity index (χ1n) is 8.63. The largest absolute Gasteiger partial charge is 0.359 e. The second-order valence-electron chi connectivity index (χ2n) is 6.27. The Hall–Kier alpha value is -2.18. The topological polar surface area (TPSA) is 56.7 Å². The van der Waals surface area contributed by atoms with Crippen LogP contribution in [0.3, 0.4) is 0 Å². The highest BCUT2D eigenvalue weighted by Crippen LogP contribution is 2.20. The molecule has 2 N–H and O–H groups in total. The van der Waals surface area contributed by atoms with Gasteiger partial charge >= 0.3 is 0 Å². The lowest BCUT2D eigenvalue weighted by molar-refractivity contribution is -0.121. The van der Waals surface area contributed by atoms with Crippen LogP contribution in [0.1, 0.15) is 24.8 Å². The van der Waals surface area contributed by atoms with E-state index in [1.807, 2.05) is 0 Å². The summed E-state index contributed by atoms with van der Waals surface area (Å²) >= 11 is 0. The van der Waals surface area contributed by atoms with Gasteiger partial charge in [-0.2, -0.15) is 0 Å². The summed E-state index contributed by atoms with van der Waals surface area (Å²) in [6, 6.07) is 3.49. The summed E-state index contributed by atoms with van der Waals surface area (Å²) in [4.78, 5) is 17.9. The summed E-state index contributed by atoms with van der Waals surface area (Å²) < 4.78 is 26.8. The number of halogens is 2. The Morgan fingerprint density at radius 3 is 2.68 bits per heavy atom. The van der Waals surface area contributed by atoms with Gasteiger partial charge in [0, 0.05) is 40.2 Å². The van der Waals surface area contributed by atoms with E-state index in [1.54, 1.807) is 14.1 Å². The number of hydrogen-bond donors (Lipinski definition) is 2. The molecule has 0 aliphatic carbocycles. The van der Waals surface area contributed by atoms with Crippen molar-refractivity contribution in [3.8, 4) is 0 Å². The number of nitrogens with zero attached hydrogens (tertiary/aromatic N) is 2. The van der Waals surface area contributed by atoms with Gasteiger partial charge in [0.15, 0.2) is 5.96 Å². The molecular formula is C18H26F2N4O. The van der Waals surface area contributed by atoms with Crippen molar-refractivity contribution in [3.63, 3.8) is 0 Å². The quantitative estimate of drug-likeness (QED) is 0.629. The number of aliphatic imine (C=N–C) groups is 1. The average molecular weight is 352 g/mol. The summed E-state index contributed by atoms with van der Waals surface area (Å²) in [5, 5.41) is 5.87. The minimum atomic E-state index is -0.432. The molecule has 1 saturated heterocycles. The zero-order valence-corrected chi connectivity index (χ0v) is 14.8. The first-order chi connectivity index (χ1) is 12.0. The Morgan fingerprint density at radius 1 is 1.32 bits per heavy atom. The molecule has 0 spiro atoms. The number of guanidine groups is 1. The van der Waals surface area contributed by atoms with Crippen LogP contribution in [0.15, 0.2) is 23.2 Å². The highest BCUT2D eigenvalue weighted by atomic mass is 19.1. The maximum atomic E-state index is 13.6. The molecule has 0 radical (unpaired) electrons.